The summed E-state index contributed by atoms with van der Waals surface area (Å²) in [4.78, 5) is 27.8. The third-order valence-corrected chi connectivity index (χ3v) is 6.72. The van der Waals surface area contributed by atoms with E-state index < -0.39 is 11.6 Å². The number of aryl methyl sites for hydroxylation is 1. The Hall–Kier alpha value is -3.95. The minimum absolute atomic E-state index is 0.0663. The Kier molecular flexibility index (Phi) is 4.75. The summed E-state index contributed by atoms with van der Waals surface area (Å²) in [5, 5.41) is 8.38. The van der Waals surface area contributed by atoms with Gasteiger partial charge in [-0.15, -0.1) is 0 Å². The number of rotatable bonds is 3. The largest absolute Gasteiger partial charge is 0.350 e. The summed E-state index contributed by atoms with van der Waals surface area (Å²) in [6, 6.07) is 7.87. The van der Waals surface area contributed by atoms with Crippen molar-refractivity contribution < 1.29 is 13.6 Å². The SMILES string of the molecule is Cc1ccc(-n2nccn2)c(C(=O)N2CC[C@H]3CN(c4cnc5cc(F)c(F)cc5n4)[C@H]3C2)c1. The first-order valence-electron chi connectivity index (χ1n) is 11.1. The highest BCUT2D eigenvalue weighted by Crippen LogP contribution is 2.36. The number of piperidine rings is 1. The van der Waals surface area contributed by atoms with Crippen LogP contribution < -0.4 is 4.90 Å². The van der Waals surface area contributed by atoms with Gasteiger partial charge < -0.3 is 9.80 Å². The van der Waals surface area contributed by atoms with Gasteiger partial charge in [-0.1, -0.05) is 11.6 Å². The molecular weight excluding hydrogens is 440 g/mol. The molecule has 34 heavy (non-hydrogen) atoms. The second kappa shape index (κ2) is 7.82. The first-order valence-corrected chi connectivity index (χ1v) is 11.1. The van der Waals surface area contributed by atoms with E-state index in [0.29, 0.717) is 47.1 Å². The van der Waals surface area contributed by atoms with Crippen molar-refractivity contribution in [3.8, 4) is 5.69 Å². The number of amides is 1. The van der Waals surface area contributed by atoms with Crippen LogP contribution in [0.25, 0.3) is 16.7 Å². The highest BCUT2D eigenvalue weighted by molar-refractivity contribution is 5.98. The molecule has 172 valence electrons. The molecule has 0 spiro atoms. The van der Waals surface area contributed by atoms with E-state index in [0.717, 1.165) is 30.7 Å². The van der Waals surface area contributed by atoms with Gasteiger partial charge in [0.2, 0.25) is 0 Å². The van der Waals surface area contributed by atoms with Gasteiger partial charge in [-0.2, -0.15) is 15.0 Å². The maximum atomic E-state index is 13.7. The highest BCUT2D eigenvalue weighted by atomic mass is 19.2. The van der Waals surface area contributed by atoms with E-state index >= 15 is 0 Å². The van der Waals surface area contributed by atoms with Crippen LogP contribution in [0.5, 0.6) is 0 Å². The average Bonchev–Trinajstić information content (AvgIpc) is 3.35. The van der Waals surface area contributed by atoms with E-state index in [4.69, 9.17) is 0 Å². The molecule has 2 aliphatic heterocycles. The Balaban J connectivity index is 1.26. The number of nitrogens with zero attached hydrogens (tertiary/aromatic N) is 7. The van der Waals surface area contributed by atoms with Gasteiger partial charge in [-0.05, 0) is 25.5 Å². The third kappa shape index (κ3) is 3.37. The van der Waals surface area contributed by atoms with Crippen LogP contribution in [0.1, 0.15) is 22.3 Å². The smallest absolute Gasteiger partial charge is 0.256 e. The molecule has 0 radical (unpaired) electrons. The summed E-state index contributed by atoms with van der Waals surface area (Å²) in [5.74, 6) is -0.915. The molecule has 4 aromatic rings. The third-order valence-electron chi connectivity index (χ3n) is 6.72. The molecule has 6 rings (SSSR count). The van der Waals surface area contributed by atoms with Crippen LogP contribution in [-0.4, -0.2) is 61.4 Å². The molecular formula is C24H21F2N7O. The average molecular weight is 461 g/mol. The van der Waals surface area contributed by atoms with E-state index in [-0.39, 0.29) is 11.9 Å². The predicted octanol–water partition coefficient (Wildman–Crippen LogP) is 3.15. The molecule has 10 heteroatoms. The van der Waals surface area contributed by atoms with Gasteiger partial charge in [-0.3, -0.25) is 9.78 Å². The van der Waals surface area contributed by atoms with Gasteiger partial charge in [-0.25, -0.2) is 13.8 Å². The molecule has 0 N–H and O–H groups in total. The van der Waals surface area contributed by atoms with Crippen LogP contribution in [0, 0.1) is 24.5 Å². The number of aromatic nitrogens is 5. The Morgan fingerprint density at radius 2 is 1.79 bits per heavy atom. The van der Waals surface area contributed by atoms with Crippen molar-refractivity contribution in [2.24, 2.45) is 5.92 Å². The van der Waals surface area contributed by atoms with E-state index in [9.17, 15) is 13.6 Å². The van der Waals surface area contributed by atoms with Crippen molar-refractivity contribution in [1.82, 2.24) is 29.9 Å². The topological polar surface area (TPSA) is 80.0 Å². The normalized spacial score (nSPS) is 19.7. The number of anilines is 1. The minimum Gasteiger partial charge on any atom is -0.350 e. The van der Waals surface area contributed by atoms with Crippen molar-refractivity contribution in [2.75, 3.05) is 24.5 Å². The van der Waals surface area contributed by atoms with E-state index in [2.05, 4.69) is 25.1 Å². The number of hydrogen-bond donors (Lipinski definition) is 0. The first kappa shape index (κ1) is 20.6. The second-order valence-electron chi connectivity index (χ2n) is 8.84. The number of benzene rings is 2. The Morgan fingerprint density at radius 3 is 2.59 bits per heavy atom. The number of carbonyl (C=O) groups is 1. The van der Waals surface area contributed by atoms with Crippen molar-refractivity contribution in [3.05, 3.63) is 71.7 Å². The Morgan fingerprint density at radius 1 is 1.03 bits per heavy atom. The lowest BCUT2D eigenvalue weighted by Gasteiger charge is -2.53. The highest BCUT2D eigenvalue weighted by Gasteiger charge is 2.44. The van der Waals surface area contributed by atoms with E-state index in [1.165, 1.54) is 4.80 Å². The van der Waals surface area contributed by atoms with Crippen molar-refractivity contribution in [3.63, 3.8) is 0 Å². The molecule has 2 saturated heterocycles. The molecule has 8 nitrogen and oxygen atoms in total. The zero-order chi connectivity index (χ0) is 23.4. The fourth-order valence-electron chi connectivity index (χ4n) is 4.89. The molecule has 2 atom stereocenters. The fraction of sp³-hybridized carbons (Fsp3) is 0.292. The van der Waals surface area contributed by atoms with Gasteiger partial charge in [0.15, 0.2) is 11.6 Å². The lowest BCUT2D eigenvalue weighted by molar-refractivity contribution is 0.0590. The fourth-order valence-corrected chi connectivity index (χ4v) is 4.89. The molecule has 4 heterocycles. The Bertz CT molecular complexity index is 1410. The second-order valence-corrected chi connectivity index (χ2v) is 8.84. The lowest BCUT2D eigenvalue weighted by atomic mass is 9.82. The van der Waals surface area contributed by atoms with Gasteiger partial charge in [0, 0.05) is 37.7 Å². The molecule has 0 bridgehead atoms. The van der Waals surface area contributed by atoms with Crippen molar-refractivity contribution in [1.29, 1.82) is 0 Å². The number of likely N-dealkylation sites (tertiary alicyclic amines) is 1. The number of halogens is 2. The molecule has 2 aromatic heterocycles. The van der Waals surface area contributed by atoms with Crippen LogP contribution in [0.3, 0.4) is 0 Å². The molecule has 0 aliphatic carbocycles. The van der Waals surface area contributed by atoms with Crippen LogP contribution in [0.2, 0.25) is 0 Å². The number of fused-ring (bicyclic) bond motifs is 2. The van der Waals surface area contributed by atoms with Crippen molar-refractivity contribution >= 4 is 22.8 Å². The Labute approximate surface area is 193 Å². The van der Waals surface area contributed by atoms with Gasteiger partial charge >= 0.3 is 0 Å². The standard InChI is InChI=1S/C24H21F2N7O/c1-14-2-3-21(33-28-5-6-29-33)16(8-14)24(34)31-7-4-15-12-32(22(15)13-31)23-11-27-19-9-17(25)18(26)10-20(19)30-23/h2-3,5-6,8-11,15,22H,4,7,12-13H2,1H3/t15-,22-/m0/s1. The van der Waals surface area contributed by atoms with Crippen LogP contribution in [0.4, 0.5) is 14.6 Å². The minimum atomic E-state index is -0.949. The number of carbonyl (C=O) groups excluding carboxylic acids is 1. The van der Waals surface area contributed by atoms with Crippen LogP contribution in [0.15, 0.2) is 48.9 Å². The predicted molar refractivity (Wildman–Crippen MR) is 121 cm³/mol. The summed E-state index contributed by atoms with van der Waals surface area (Å²) in [6.07, 6.45) is 5.63. The summed E-state index contributed by atoms with van der Waals surface area (Å²) < 4.78 is 27.2. The van der Waals surface area contributed by atoms with Crippen molar-refractivity contribution in [2.45, 2.75) is 19.4 Å². The maximum absolute atomic E-state index is 13.7. The van der Waals surface area contributed by atoms with Crippen LogP contribution in [-0.2, 0) is 0 Å². The van der Waals surface area contributed by atoms with E-state index in [1.54, 1.807) is 18.6 Å². The summed E-state index contributed by atoms with van der Waals surface area (Å²) >= 11 is 0. The maximum Gasteiger partial charge on any atom is 0.256 e. The summed E-state index contributed by atoms with van der Waals surface area (Å²) in [6.45, 7) is 3.95. The van der Waals surface area contributed by atoms with Gasteiger partial charge in [0.05, 0.1) is 46.9 Å². The summed E-state index contributed by atoms with van der Waals surface area (Å²) in [7, 11) is 0. The quantitative estimate of drug-likeness (QED) is 0.466. The number of hydrogen-bond acceptors (Lipinski definition) is 6. The van der Waals surface area contributed by atoms with Gasteiger partial charge in [0.1, 0.15) is 5.82 Å². The molecule has 2 aromatic carbocycles. The zero-order valence-electron chi connectivity index (χ0n) is 18.4. The summed E-state index contributed by atoms with van der Waals surface area (Å²) in [5.41, 5.74) is 2.79. The van der Waals surface area contributed by atoms with Gasteiger partial charge in [0.25, 0.3) is 5.91 Å². The lowest BCUT2D eigenvalue weighted by Crippen LogP contribution is -2.65. The molecule has 0 unspecified atom stereocenters. The zero-order valence-corrected chi connectivity index (χ0v) is 18.4. The monoisotopic (exact) mass is 461 g/mol. The van der Waals surface area contributed by atoms with Crippen LogP contribution >= 0.6 is 0 Å². The molecule has 2 aliphatic rings. The molecule has 2 fully saturated rings. The molecule has 1 amide bonds. The van der Waals surface area contributed by atoms with E-state index in [1.807, 2.05) is 30.0 Å². The first-order chi connectivity index (χ1) is 16.5. The molecule has 0 saturated carbocycles.